The molecule has 3 heterocycles. The van der Waals surface area contributed by atoms with Crippen LogP contribution in [0.4, 0.5) is 30.8 Å². The van der Waals surface area contributed by atoms with E-state index in [1.54, 1.807) is 4.57 Å². The summed E-state index contributed by atoms with van der Waals surface area (Å²) >= 11 is 5.76. The smallest absolute Gasteiger partial charge is 0.225 e. The van der Waals surface area contributed by atoms with Crippen molar-refractivity contribution in [2.24, 2.45) is 11.7 Å². The van der Waals surface area contributed by atoms with Crippen molar-refractivity contribution >= 4 is 46.3 Å². The number of carbonyl (C=O) groups is 1. The van der Waals surface area contributed by atoms with Crippen LogP contribution in [0, 0.1) is 17.6 Å². The second kappa shape index (κ2) is 10.1. The lowest BCUT2D eigenvalue weighted by atomic mass is 9.85. The number of anilines is 3. The number of halogens is 4. The number of alkyl halides is 1. The molecule has 0 spiro atoms. The van der Waals surface area contributed by atoms with Crippen molar-refractivity contribution in [3.05, 3.63) is 35.0 Å². The molecule has 1 saturated heterocycles. The van der Waals surface area contributed by atoms with Crippen LogP contribution in [0.25, 0.3) is 11.2 Å². The van der Waals surface area contributed by atoms with E-state index in [1.807, 2.05) is 0 Å². The predicted octanol–water partition coefficient (Wildman–Crippen LogP) is 4.26. The molecule has 1 saturated carbocycles. The number of amides is 1. The van der Waals surface area contributed by atoms with Crippen LogP contribution in [-0.4, -0.2) is 50.9 Å². The van der Waals surface area contributed by atoms with Crippen molar-refractivity contribution in [1.29, 1.82) is 0 Å². The third-order valence-corrected chi connectivity index (χ3v) is 6.96. The standard InChI is InChI=1S/C23H25ClF3N7O2/c24-12-7-14(25)19(15(26)8-12)32-23-31-18-9-29-22(30-17-5-6-36-10-16(17)27)33-21(18)34(23)13-3-1-11(2-4-13)20(28)35/h7-9,11,13,16-17H,1-6,10H2,(H2,28,35)(H,31,32)(H,29,30,33)/t11?,13?,16-,17+/m1/s1. The Labute approximate surface area is 209 Å². The number of nitrogens with zero attached hydrogens (tertiary/aromatic N) is 4. The zero-order valence-corrected chi connectivity index (χ0v) is 19.9. The lowest BCUT2D eigenvalue weighted by Crippen LogP contribution is -2.39. The van der Waals surface area contributed by atoms with Crippen LogP contribution in [0.1, 0.15) is 38.1 Å². The number of imidazole rings is 1. The van der Waals surface area contributed by atoms with Crippen LogP contribution >= 0.6 is 11.6 Å². The summed E-state index contributed by atoms with van der Waals surface area (Å²) in [4.78, 5) is 25.0. The maximum atomic E-state index is 14.6. The third kappa shape index (κ3) is 4.92. The van der Waals surface area contributed by atoms with Crippen LogP contribution in [0.15, 0.2) is 18.3 Å². The molecule has 2 fully saturated rings. The van der Waals surface area contributed by atoms with Crippen LogP contribution in [-0.2, 0) is 9.53 Å². The van der Waals surface area contributed by atoms with Crippen LogP contribution in [0.5, 0.6) is 0 Å². The van der Waals surface area contributed by atoms with Gasteiger partial charge in [-0.25, -0.2) is 23.1 Å². The highest BCUT2D eigenvalue weighted by Gasteiger charge is 2.30. The van der Waals surface area contributed by atoms with E-state index in [4.69, 9.17) is 22.1 Å². The molecule has 0 radical (unpaired) electrons. The molecule has 3 aromatic rings. The number of fused-ring (bicyclic) bond motifs is 1. The summed E-state index contributed by atoms with van der Waals surface area (Å²) in [6, 6.07) is 1.32. The normalized spacial score (nSPS) is 24.6. The number of nitrogens with one attached hydrogen (secondary N) is 2. The van der Waals surface area contributed by atoms with Gasteiger partial charge in [0.05, 0.1) is 18.8 Å². The summed E-state index contributed by atoms with van der Waals surface area (Å²) < 4.78 is 50.3. The molecule has 4 N–H and O–H groups in total. The average molecular weight is 524 g/mol. The molecule has 13 heteroatoms. The fraction of sp³-hybridized carbons (Fsp3) is 0.478. The van der Waals surface area contributed by atoms with Crippen molar-refractivity contribution in [3.63, 3.8) is 0 Å². The van der Waals surface area contributed by atoms with Crippen molar-refractivity contribution in [2.45, 2.75) is 50.4 Å². The van der Waals surface area contributed by atoms with Crippen LogP contribution in [0.3, 0.4) is 0 Å². The Morgan fingerprint density at radius 1 is 1.14 bits per heavy atom. The Balaban J connectivity index is 1.53. The van der Waals surface area contributed by atoms with Gasteiger partial charge in [-0.2, -0.15) is 4.98 Å². The number of aromatic nitrogens is 4. The van der Waals surface area contributed by atoms with E-state index in [1.165, 1.54) is 6.20 Å². The molecule has 1 amide bonds. The number of carbonyl (C=O) groups excluding carboxylic acids is 1. The zero-order chi connectivity index (χ0) is 25.4. The fourth-order valence-corrected chi connectivity index (χ4v) is 5.01. The zero-order valence-electron chi connectivity index (χ0n) is 19.2. The largest absolute Gasteiger partial charge is 0.378 e. The summed E-state index contributed by atoms with van der Waals surface area (Å²) in [6.07, 6.45) is 3.01. The molecule has 0 unspecified atom stereocenters. The van der Waals surface area contributed by atoms with Gasteiger partial charge in [-0.15, -0.1) is 0 Å². The van der Waals surface area contributed by atoms with E-state index in [0.717, 1.165) is 12.1 Å². The first-order valence-corrected chi connectivity index (χ1v) is 12.1. The van der Waals surface area contributed by atoms with Crippen molar-refractivity contribution in [2.75, 3.05) is 23.8 Å². The summed E-state index contributed by atoms with van der Waals surface area (Å²) in [5.74, 6) is -1.97. The monoisotopic (exact) mass is 523 g/mol. The number of nitrogens with two attached hydrogens (primary N) is 1. The number of benzene rings is 1. The van der Waals surface area contributed by atoms with Gasteiger partial charge in [-0.3, -0.25) is 9.36 Å². The maximum absolute atomic E-state index is 14.6. The average Bonchev–Trinajstić information content (AvgIpc) is 3.20. The lowest BCUT2D eigenvalue weighted by Gasteiger charge is -2.29. The van der Waals surface area contributed by atoms with E-state index in [2.05, 4.69) is 25.6 Å². The van der Waals surface area contributed by atoms with Gasteiger partial charge in [-0.05, 0) is 44.2 Å². The SMILES string of the molecule is NC(=O)C1CCC(n2c(Nc3c(F)cc(Cl)cc3F)nc3cnc(N[C@H]4CCOC[C@H]4F)nc32)CC1. The molecule has 2 atom stereocenters. The summed E-state index contributed by atoms with van der Waals surface area (Å²) in [6.45, 7) is 0.418. The quantitative estimate of drug-likeness (QED) is 0.441. The van der Waals surface area contributed by atoms with Crippen LogP contribution in [0.2, 0.25) is 5.02 Å². The molecule has 9 nitrogen and oxygen atoms in total. The highest BCUT2D eigenvalue weighted by molar-refractivity contribution is 6.30. The van der Waals surface area contributed by atoms with Gasteiger partial charge in [0, 0.05) is 23.6 Å². The minimum atomic E-state index is -1.21. The molecule has 1 aliphatic carbocycles. The molecular weight excluding hydrogens is 499 g/mol. The molecule has 36 heavy (non-hydrogen) atoms. The lowest BCUT2D eigenvalue weighted by molar-refractivity contribution is -0.122. The van der Waals surface area contributed by atoms with E-state index in [9.17, 15) is 18.0 Å². The van der Waals surface area contributed by atoms with Crippen LogP contribution < -0.4 is 16.4 Å². The van der Waals surface area contributed by atoms with Crippen molar-refractivity contribution < 1.29 is 22.7 Å². The molecule has 5 rings (SSSR count). The molecule has 192 valence electrons. The summed E-state index contributed by atoms with van der Waals surface area (Å²) in [5.41, 5.74) is 5.88. The molecule has 1 aliphatic heterocycles. The Kier molecular flexibility index (Phi) is 6.89. The summed E-state index contributed by atoms with van der Waals surface area (Å²) in [7, 11) is 0. The Bertz CT molecular complexity index is 1260. The van der Waals surface area contributed by atoms with E-state index in [-0.39, 0.29) is 41.4 Å². The highest BCUT2D eigenvalue weighted by atomic mass is 35.5. The van der Waals surface area contributed by atoms with Gasteiger partial charge < -0.3 is 21.1 Å². The minimum Gasteiger partial charge on any atom is -0.378 e. The molecule has 0 bridgehead atoms. The highest BCUT2D eigenvalue weighted by Crippen LogP contribution is 2.37. The first-order valence-electron chi connectivity index (χ1n) is 11.7. The van der Waals surface area contributed by atoms with Gasteiger partial charge in [0.15, 0.2) is 17.3 Å². The van der Waals surface area contributed by atoms with Gasteiger partial charge in [0.25, 0.3) is 0 Å². The number of hydrogen-bond acceptors (Lipinski definition) is 7. The minimum absolute atomic E-state index is 0.00671. The first kappa shape index (κ1) is 24.6. The van der Waals surface area contributed by atoms with Crippen molar-refractivity contribution in [3.8, 4) is 0 Å². The first-order chi connectivity index (χ1) is 17.3. The molecule has 2 aliphatic rings. The topological polar surface area (TPSA) is 120 Å². The van der Waals surface area contributed by atoms with E-state index >= 15 is 0 Å². The predicted molar refractivity (Wildman–Crippen MR) is 128 cm³/mol. The van der Waals surface area contributed by atoms with Gasteiger partial charge >= 0.3 is 0 Å². The molecular formula is C23H25ClF3N7O2. The number of rotatable bonds is 6. The van der Waals surface area contributed by atoms with Gasteiger partial charge in [0.1, 0.15) is 17.4 Å². The molecule has 2 aromatic heterocycles. The Morgan fingerprint density at radius 2 is 1.86 bits per heavy atom. The van der Waals surface area contributed by atoms with Crippen molar-refractivity contribution in [1.82, 2.24) is 19.5 Å². The third-order valence-electron chi connectivity index (χ3n) is 6.74. The molecule has 1 aromatic carbocycles. The van der Waals surface area contributed by atoms with Gasteiger partial charge in [-0.1, -0.05) is 11.6 Å². The summed E-state index contributed by atoms with van der Waals surface area (Å²) in [5, 5.41) is 5.70. The van der Waals surface area contributed by atoms with E-state index < -0.39 is 29.5 Å². The fourth-order valence-electron chi connectivity index (χ4n) is 4.82. The van der Waals surface area contributed by atoms with Gasteiger partial charge in [0.2, 0.25) is 17.8 Å². The van der Waals surface area contributed by atoms with E-state index in [0.29, 0.717) is 49.9 Å². The number of hydrogen-bond donors (Lipinski definition) is 3. The Morgan fingerprint density at radius 3 is 2.53 bits per heavy atom. The number of primary amides is 1. The maximum Gasteiger partial charge on any atom is 0.225 e. The second-order valence-electron chi connectivity index (χ2n) is 9.12. The second-order valence-corrected chi connectivity index (χ2v) is 9.55. The number of ether oxygens (including phenoxy) is 1. The Hall–Kier alpha value is -3.12.